The van der Waals surface area contributed by atoms with Crippen molar-refractivity contribution in [1.82, 2.24) is 9.88 Å². The highest BCUT2D eigenvalue weighted by Gasteiger charge is 2.23. The van der Waals surface area contributed by atoms with Crippen LogP contribution in [0, 0.1) is 13.8 Å². The molecular formula is C29H34ClN3O7. The van der Waals surface area contributed by atoms with Crippen LogP contribution in [-0.4, -0.2) is 39.5 Å². The Morgan fingerprint density at radius 1 is 1.12 bits per heavy atom. The minimum atomic E-state index is -1.14. The number of nitrogens with zero attached hydrogens (tertiary/aromatic N) is 1. The van der Waals surface area contributed by atoms with Crippen molar-refractivity contribution in [2.45, 2.75) is 59.7 Å². The number of hydrogen-bond acceptors (Lipinski definition) is 6. The zero-order valence-electron chi connectivity index (χ0n) is 23.1. The molecule has 0 saturated carbocycles. The molecule has 3 aromatic rings. The molecule has 4 N–H and O–H groups in total. The molecule has 10 nitrogen and oxygen atoms in total. The first-order valence-corrected chi connectivity index (χ1v) is 13.2. The van der Waals surface area contributed by atoms with Crippen LogP contribution in [0.1, 0.15) is 55.6 Å². The average molecular weight is 572 g/mol. The quantitative estimate of drug-likeness (QED) is 0.242. The minimum Gasteiger partial charge on any atom is -0.505 e. The molecule has 11 heteroatoms. The number of aliphatic carboxylic acids is 1. The molecule has 0 fully saturated rings. The number of carboxylic acids is 1. The Morgan fingerprint density at radius 3 is 2.48 bits per heavy atom. The molecule has 3 rings (SSSR count). The van der Waals surface area contributed by atoms with Crippen molar-refractivity contribution >= 4 is 29.3 Å². The summed E-state index contributed by atoms with van der Waals surface area (Å²) in [6.07, 6.45) is -0.524. The summed E-state index contributed by atoms with van der Waals surface area (Å²) in [6, 6.07) is 10.1. The third-order valence-corrected chi connectivity index (χ3v) is 6.60. The Bertz CT molecular complexity index is 1450. The summed E-state index contributed by atoms with van der Waals surface area (Å²) in [6.45, 7) is 9.27. The van der Waals surface area contributed by atoms with Crippen LogP contribution in [0.5, 0.6) is 17.2 Å². The Balaban J connectivity index is 1.94. The van der Waals surface area contributed by atoms with E-state index >= 15 is 0 Å². The molecule has 2 aromatic carbocycles. The Kier molecular flexibility index (Phi) is 10.1. The van der Waals surface area contributed by atoms with Crippen LogP contribution in [0.25, 0.3) is 0 Å². The monoisotopic (exact) mass is 571 g/mol. The lowest BCUT2D eigenvalue weighted by molar-refractivity contribution is -0.137. The van der Waals surface area contributed by atoms with Gasteiger partial charge in [0.1, 0.15) is 17.2 Å². The minimum absolute atomic E-state index is 0.0291. The molecule has 0 radical (unpaired) electrons. The maximum absolute atomic E-state index is 13.5. The lowest BCUT2D eigenvalue weighted by Gasteiger charge is -2.21. The number of carboxylic acid groups (broad SMARTS) is 1. The summed E-state index contributed by atoms with van der Waals surface area (Å²) in [7, 11) is 0. The van der Waals surface area contributed by atoms with E-state index in [2.05, 4.69) is 10.6 Å². The number of nitrogens with one attached hydrogen (secondary N) is 2. The van der Waals surface area contributed by atoms with Gasteiger partial charge in [0.25, 0.3) is 5.56 Å². The van der Waals surface area contributed by atoms with Gasteiger partial charge < -0.3 is 34.9 Å². The van der Waals surface area contributed by atoms with Gasteiger partial charge in [-0.25, -0.2) is 4.79 Å². The van der Waals surface area contributed by atoms with Gasteiger partial charge in [0.05, 0.1) is 31.7 Å². The van der Waals surface area contributed by atoms with E-state index in [-0.39, 0.29) is 24.1 Å². The maximum Gasteiger partial charge on any atom is 0.319 e. The summed E-state index contributed by atoms with van der Waals surface area (Å²) in [5.41, 5.74) is 0.903. The number of ether oxygens (including phenoxy) is 2. The van der Waals surface area contributed by atoms with Gasteiger partial charge in [-0.1, -0.05) is 29.8 Å². The number of amides is 2. The number of rotatable bonds is 11. The zero-order chi connectivity index (χ0) is 29.6. The molecule has 0 aliphatic carbocycles. The van der Waals surface area contributed by atoms with E-state index in [0.29, 0.717) is 45.5 Å². The third-order valence-electron chi connectivity index (χ3n) is 6.25. The van der Waals surface area contributed by atoms with Crippen molar-refractivity contribution in [2.75, 3.05) is 11.9 Å². The van der Waals surface area contributed by atoms with Crippen LogP contribution >= 0.6 is 11.6 Å². The Hall–Kier alpha value is -4.18. The van der Waals surface area contributed by atoms with Gasteiger partial charge in [0.15, 0.2) is 5.69 Å². The number of carbonyl (C=O) groups is 2. The molecule has 0 aliphatic heterocycles. The number of hydrogen-bond donors (Lipinski definition) is 4. The van der Waals surface area contributed by atoms with Gasteiger partial charge in [0, 0.05) is 21.8 Å². The second-order valence-electron chi connectivity index (χ2n) is 9.46. The van der Waals surface area contributed by atoms with E-state index in [9.17, 15) is 24.6 Å². The van der Waals surface area contributed by atoms with E-state index in [1.165, 1.54) is 4.57 Å². The lowest BCUT2D eigenvalue weighted by Crippen LogP contribution is -2.36. The van der Waals surface area contributed by atoms with Crippen LogP contribution in [0.2, 0.25) is 5.02 Å². The normalized spacial score (nSPS) is 11.7. The van der Waals surface area contributed by atoms with E-state index < -0.39 is 30.0 Å². The number of urea groups is 1. The van der Waals surface area contributed by atoms with Gasteiger partial charge in [0.2, 0.25) is 0 Å². The maximum atomic E-state index is 13.5. The molecule has 0 unspecified atom stereocenters. The standard InChI is InChI=1S/C29H34ClN3O7/c1-6-39-24-12-8-11-22(30)21(24)15-33-18(5)17(4)27(36)26(28(33)37)32-29(38)31-23(14-25(34)35)19-9-7-10-20(13-19)40-16(2)3/h7-13,16,23,36H,6,14-15H2,1-5H3,(H,34,35)(H2,31,32,38)/t23-/m0/s1. The molecule has 0 aliphatic rings. The number of benzene rings is 2. The molecule has 2 amide bonds. The molecule has 214 valence electrons. The molecule has 0 spiro atoms. The summed E-state index contributed by atoms with van der Waals surface area (Å²) in [5.74, 6) is -0.493. The summed E-state index contributed by atoms with van der Waals surface area (Å²) in [5, 5.41) is 25.7. The highest BCUT2D eigenvalue weighted by molar-refractivity contribution is 6.31. The molecule has 1 atom stereocenters. The van der Waals surface area contributed by atoms with Crippen molar-refractivity contribution < 1.29 is 29.3 Å². The topological polar surface area (TPSA) is 139 Å². The summed E-state index contributed by atoms with van der Waals surface area (Å²) in [4.78, 5) is 38.2. The number of aromatic nitrogens is 1. The van der Waals surface area contributed by atoms with Crippen molar-refractivity contribution in [3.05, 3.63) is 80.2 Å². The second kappa shape index (κ2) is 13.3. The van der Waals surface area contributed by atoms with Gasteiger partial charge >= 0.3 is 12.0 Å². The van der Waals surface area contributed by atoms with Crippen molar-refractivity contribution in [1.29, 1.82) is 0 Å². The lowest BCUT2D eigenvalue weighted by atomic mass is 10.0. The van der Waals surface area contributed by atoms with Gasteiger partial charge in [-0.05, 0) is 64.4 Å². The molecule has 1 heterocycles. The largest absolute Gasteiger partial charge is 0.505 e. The van der Waals surface area contributed by atoms with E-state index in [1.807, 2.05) is 20.8 Å². The van der Waals surface area contributed by atoms with Crippen LogP contribution in [0.4, 0.5) is 10.5 Å². The Morgan fingerprint density at radius 2 is 1.82 bits per heavy atom. The summed E-state index contributed by atoms with van der Waals surface area (Å²) >= 11 is 6.43. The SMILES string of the molecule is CCOc1cccc(Cl)c1Cn1c(C)c(C)c(O)c(NC(=O)N[C@@H](CC(=O)O)c2cccc(OC(C)C)c2)c1=O. The van der Waals surface area contributed by atoms with Crippen molar-refractivity contribution in [3.63, 3.8) is 0 Å². The second-order valence-corrected chi connectivity index (χ2v) is 9.87. The fraction of sp³-hybridized carbons (Fsp3) is 0.345. The van der Waals surface area contributed by atoms with E-state index in [1.54, 1.807) is 56.3 Å². The highest BCUT2D eigenvalue weighted by atomic mass is 35.5. The number of carbonyl (C=O) groups excluding carboxylic acids is 1. The van der Waals surface area contributed by atoms with E-state index in [0.717, 1.165) is 0 Å². The summed E-state index contributed by atoms with van der Waals surface area (Å²) < 4.78 is 12.8. The molecule has 1 aromatic heterocycles. The first kappa shape index (κ1) is 30.4. The zero-order valence-corrected chi connectivity index (χ0v) is 23.8. The first-order chi connectivity index (χ1) is 18.9. The van der Waals surface area contributed by atoms with Crippen LogP contribution < -0.4 is 25.7 Å². The Labute approximate surface area is 237 Å². The third kappa shape index (κ3) is 7.26. The predicted octanol–water partition coefficient (Wildman–Crippen LogP) is 5.40. The van der Waals surface area contributed by atoms with Gasteiger partial charge in [-0.15, -0.1) is 0 Å². The number of anilines is 1. The number of pyridine rings is 1. The highest BCUT2D eigenvalue weighted by Crippen LogP contribution is 2.31. The van der Waals surface area contributed by atoms with Crippen molar-refractivity contribution in [3.8, 4) is 17.2 Å². The van der Waals surface area contributed by atoms with Crippen LogP contribution in [0.15, 0.2) is 47.3 Å². The van der Waals surface area contributed by atoms with Crippen LogP contribution in [-0.2, 0) is 11.3 Å². The van der Waals surface area contributed by atoms with Gasteiger partial charge in [-0.3, -0.25) is 9.59 Å². The predicted molar refractivity (Wildman–Crippen MR) is 153 cm³/mol. The fourth-order valence-electron chi connectivity index (χ4n) is 4.21. The van der Waals surface area contributed by atoms with Crippen LogP contribution in [0.3, 0.4) is 0 Å². The number of aromatic hydroxyl groups is 1. The average Bonchev–Trinajstić information content (AvgIpc) is 2.88. The molecule has 0 saturated heterocycles. The van der Waals surface area contributed by atoms with Crippen molar-refractivity contribution in [2.24, 2.45) is 0 Å². The molecule has 40 heavy (non-hydrogen) atoms. The number of halogens is 1. The van der Waals surface area contributed by atoms with E-state index in [4.69, 9.17) is 21.1 Å². The molecular weight excluding hydrogens is 538 g/mol. The fourth-order valence-corrected chi connectivity index (χ4v) is 4.43. The van der Waals surface area contributed by atoms with Gasteiger partial charge in [-0.2, -0.15) is 0 Å². The smallest absolute Gasteiger partial charge is 0.319 e. The molecule has 0 bridgehead atoms. The first-order valence-electron chi connectivity index (χ1n) is 12.8.